The van der Waals surface area contributed by atoms with Crippen molar-refractivity contribution >= 4 is 11.9 Å². The Bertz CT molecular complexity index is 609. The van der Waals surface area contributed by atoms with Gasteiger partial charge >= 0.3 is 11.9 Å². The first-order chi connectivity index (χ1) is 22.9. The Balaban J connectivity index is -0.000000634. The van der Waals surface area contributed by atoms with Crippen molar-refractivity contribution in [2.75, 3.05) is 20.3 Å². The Kier molecular flexibility index (Phi) is 47.5. The number of esters is 2. The number of aliphatic hydroxyl groups is 1. The van der Waals surface area contributed by atoms with Gasteiger partial charge in [0.1, 0.15) is 0 Å². The van der Waals surface area contributed by atoms with E-state index in [-0.39, 0.29) is 11.9 Å². The smallest absolute Gasteiger partial charge is 0.330 e. The number of allylic oxidation sites excluding steroid dienone is 1. The molecule has 0 unspecified atom stereocenters. The Morgan fingerprint density at radius 1 is 0.553 bits per heavy atom. The minimum absolute atomic E-state index is 0.00140. The van der Waals surface area contributed by atoms with E-state index >= 15 is 0 Å². The maximum absolute atomic E-state index is 11.6. The van der Waals surface area contributed by atoms with Crippen molar-refractivity contribution in [3.8, 4) is 0 Å². The van der Waals surface area contributed by atoms with Crippen LogP contribution in [0.5, 0.6) is 0 Å². The van der Waals surface area contributed by atoms with E-state index in [1.165, 1.54) is 167 Å². The summed E-state index contributed by atoms with van der Waals surface area (Å²) in [5.74, 6) is 1.08. The van der Waals surface area contributed by atoms with Gasteiger partial charge in [-0.2, -0.15) is 0 Å². The number of unbranched alkanes of at least 4 members (excludes halogenated alkanes) is 16. The van der Waals surface area contributed by atoms with Crippen LogP contribution < -0.4 is 0 Å². The molecule has 0 aromatic heterocycles. The predicted octanol–water partition coefficient (Wildman–Crippen LogP) is 13.1. The van der Waals surface area contributed by atoms with Gasteiger partial charge in [-0.15, -0.1) is 0 Å². The average molecular weight is 669 g/mol. The quantitative estimate of drug-likeness (QED) is 0.0452. The van der Waals surface area contributed by atoms with Crippen LogP contribution in [0.25, 0.3) is 0 Å². The first kappa shape index (κ1) is 50.0. The summed E-state index contributed by atoms with van der Waals surface area (Å²) in [6.45, 7) is 14.0. The first-order valence-electron chi connectivity index (χ1n) is 20.4. The monoisotopic (exact) mass is 669 g/mol. The molecule has 0 fully saturated rings. The molecule has 0 radical (unpaired) electrons. The second kappa shape index (κ2) is 44.6. The zero-order chi connectivity index (χ0) is 35.6. The summed E-state index contributed by atoms with van der Waals surface area (Å²) in [5.41, 5.74) is 0. The molecule has 5 heteroatoms. The van der Waals surface area contributed by atoms with E-state index in [0.29, 0.717) is 25.6 Å². The van der Waals surface area contributed by atoms with Crippen molar-refractivity contribution in [2.24, 2.45) is 11.8 Å². The minimum Gasteiger partial charge on any atom is -0.466 e. The topological polar surface area (TPSA) is 72.8 Å². The summed E-state index contributed by atoms with van der Waals surface area (Å²) in [5, 5.41) is 9.04. The Morgan fingerprint density at radius 2 is 0.957 bits per heavy atom. The summed E-state index contributed by atoms with van der Waals surface area (Å²) in [6.07, 6.45) is 37.3. The number of hydrogen-bond acceptors (Lipinski definition) is 5. The number of carbonyl (C=O) groups excluding carboxylic acids is 2. The van der Waals surface area contributed by atoms with Crippen LogP contribution in [0.2, 0.25) is 0 Å². The molecule has 0 amide bonds. The van der Waals surface area contributed by atoms with Gasteiger partial charge in [-0.3, -0.25) is 4.79 Å². The number of aliphatic hydroxyl groups excluding tert-OH is 1. The first-order valence-corrected chi connectivity index (χ1v) is 20.4. The molecule has 0 bridgehead atoms. The van der Waals surface area contributed by atoms with Crippen LogP contribution in [-0.4, -0.2) is 37.4 Å². The van der Waals surface area contributed by atoms with Crippen molar-refractivity contribution < 1.29 is 24.2 Å². The van der Waals surface area contributed by atoms with Crippen molar-refractivity contribution in [1.82, 2.24) is 0 Å². The van der Waals surface area contributed by atoms with Gasteiger partial charge in [-0.05, 0) is 50.9 Å². The molecule has 0 spiro atoms. The minimum atomic E-state index is -0.259. The van der Waals surface area contributed by atoms with Crippen LogP contribution in [0.4, 0.5) is 0 Å². The van der Waals surface area contributed by atoms with Gasteiger partial charge in [-0.1, -0.05) is 176 Å². The summed E-state index contributed by atoms with van der Waals surface area (Å²) in [7, 11) is 1.39. The third kappa shape index (κ3) is 44.6. The zero-order valence-electron chi connectivity index (χ0n) is 32.9. The lowest BCUT2D eigenvalue weighted by Crippen LogP contribution is -2.12. The second-order valence-electron chi connectivity index (χ2n) is 13.4. The number of methoxy groups -OCH3 is 1. The Labute approximate surface area is 294 Å². The van der Waals surface area contributed by atoms with Crippen molar-refractivity contribution in [3.05, 3.63) is 12.2 Å². The number of rotatable bonds is 31. The van der Waals surface area contributed by atoms with Gasteiger partial charge < -0.3 is 14.6 Å². The molecule has 0 atom stereocenters. The van der Waals surface area contributed by atoms with Crippen molar-refractivity contribution in [2.45, 2.75) is 215 Å². The number of hydrogen-bond donors (Lipinski definition) is 1. The fraction of sp³-hybridized carbons (Fsp3) is 0.905. The summed E-state index contributed by atoms with van der Waals surface area (Å²) < 4.78 is 9.54. The van der Waals surface area contributed by atoms with Crippen LogP contribution in [0.1, 0.15) is 215 Å². The molecule has 0 aliphatic rings. The third-order valence-corrected chi connectivity index (χ3v) is 8.84. The molecular formula is C42H84O5. The van der Waals surface area contributed by atoms with E-state index in [9.17, 15) is 9.59 Å². The van der Waals surface area contributed by atoms with Crippen molar-refractivity contribution in [3.63, 3.8) is 0 Å². The lowest BCUT2D eigenvalue weighted by atomic mass is 9.92. The lowest BCUT2D eigenvalue weighted by molar-refractivity contribution is -0.144. The Morgan fingerprint density at radius 3 is 1.32 bits per heavy atom. The standard InChI is InChI=1S/C17H34O2.C15H32O.C10H18O2/c1-4-7-9-11-13-16(14-12-10-8-5-2)15-17(18)19-6-3;1-3-5-7-9-11-15(13-14-16)12-10-8-6-4-2;1-3-4-5-6-7-8-9-10(11)12-2/h16H,4-15H2,1-3H3;15-16H,3-14H2,1-2H3;8-9H,3-7H2,1-2H3/b;;9-8+. The lowest BCUT2D eigenvalue weighted by Gasteiger charge is -2.16. The van der Waals surface area contributed by atoms with E-state index in [2.05, 4.69) is 39.4 Å². The normalized spacial score (nSPS) is 10.9. The van der Waals surface area contributed by atoms with Gasteiger partial charge in [-0.25, -0.2) is 4.79 Å². The van der Waals surface area contributed by atoms with Gasteiger partial charge in [0, 0.05) is 19.1 Å². The maximum Gasteiger partial charge on any atom is 0.330 e. The van der Waals surface area contributed by atoms with Crippen LogP contribution in [0.15, 0.2) is 12.2 Å². The van der Waals surface area contributed by atoms with Crippen LogP contribution in [0.3, 0.4) is 0 Å². The number of carbonyl (C=O) groups is 2. The summed E-state index contributed by atoms with van der Waals surface area (Å²) >= 11 is 0. The van der Waals surface area contributed by atoms with E-state index in [0.717, 1.165) is 18.8 Å². The molecule has 1 N–H and O–H groups in total. The second-order valence-corrected chi connectivity index (χ2v) is 13.4. The molecule has 0 heterocycles. The molecule has 5 nitrogen and oxygen atoms in total. The predicted molar refractivity (Wildman–Crippen MR) is 205 cm³/mol. The highest BCUT2D eigenvalue weighted by Crippen LogP contribution is 2.23. The molecule has 0 aromatic carbocycles. The Hall–Kier alpha value is -1.36. The van der Waals surface area contributed by atoms with E-state index < -0.39 is 0 Å². The molecule has 0 saturated heterocycles. The molecular weight excluding hydrogens is 584 g/mol. The maximum atomic E-state index is 11.6. The van der Waals surface area contributed by atoms with Crippen LogP contribution >= 0.6 is 0 Å². The number of ether oxygens (including phenoxy) is 2. The van der Waals surface area contributed by atoms with Gasteiger partial charge in [0.25, 0.3) is 0 Å². The zero-order valence-corrected chi connectivity index (χ0v) is 32.9. The fourth-order valence-electron chi connectivity index (χ4n) is 5.80. The van der Waals surface area contributed by atoms with Gasteiger partial charge in [0.2, 0.25) is 0 Å². The fourth-order valence-corrected chi connectivity index (χ4v) is 5.80. The van der Waals surface area contributed by atoms with E-state index in [1.807, 2.05) is 13.0 Å². The third-order valence-electron chi connectivity index (χ3n) is 8.84. The SMILES string of the molecule is CCCCCC/C=C/C(=O)OC.CCCCCCC(CCCCCC)CC(=O)OCC.CCCCCCC(CCO)CCCCCC. The molecule has 47 heavy (non-hydrogen) atoms. The molecule has 0 rings (SSSR count). The largest absolute Gasteiger partial charge is 0.466 e. The highest BCUT2D eigenvalue weighted by molar-refractivity contribution is 5.81. The summed E-state index contributed by atoms with van der Waals surface area (Å²) in [4.78, 5) is 22.2. The van der Waals surface area contributed by atoms with E-state index in [4.69, 9.17) is 9.84 Å². The van der Waals surface area contributed by atoms with E-state index in [1.54, 1.807) is 0 Å². The molecule has 282 valence electrons. The molecule has 0 aliphatic carbocycles. The van der Waals surface area contributed by atoms with Crippen LogP contribution in [-0.2, 0) is 19.1 Å². The summed E-state index contributed by atoms with van der Waals surface area (Å²) in [6, 6.07) is 0. The molecule has 0 aliphatic heterocycles. The molecule has 0 aromatic rings. The highest BCUT2D eigenvalue weighted by Gasteiger charge is 2.14. The average Bonchev–Trinajstić information content (AvgIpc) is 3.07. The molecule has 0 saturated carbocycles. The van der Waals surface area contributed by atoms with Gasteiger partial charge in [0.15, 0.2) is 0 Å². The van der Waals surface area contributed by atoms with Gasteiger partial charge in [0.05, 0.1) is 13.7 Å². The van der Waals surface area contributed by atoms with Crippen molar-refractivity contribution in [1.29, 1.82) is 0 Å². The van der Waals surface area contributed by atoms with Crippen LogP contribution in [0, 0.1) is 11.8 Å². The highest BCUT2D eigenvalue weighted by atomic mass is 16.5.